The fourth-order valence-corrected chi connectivity index (χ4v) is 3.83. The molecule has 1 aliphatic heterocycles. The average molecular weight is 376 g/mol. The summed E-state index contributed by atoms with van der Waals surface area (Å²) in [7, 11) is 0. The first-order valence-corrected chi connectivity index (χ1v) is 9.45. The summed E-state index contributed by atoms with van der Waals surface area (Å²) >= 11 is 0. The highest BCUT2D eigenvalue weighted by molar-refractivity contribution is 5.90. The third kappa shape index (κ3) is 3.09. The molecule has 1 aliphatic carbocycles. The molecule has 0 saturated carbocycles. The van der Waals surface area contributed by atoms with E-state index < -0.39 is 0 Å². The van der Waals surface area contributed by atoms with Crippen molar-refractivity contribution in [3.8, 4) is 17.1 Å². The van der Waals surface area contributed by atoms with Crippen LogP contribution < -0.4 is 9.64 Å². The number of aryl methyl sites for hydroxylation is 2. The largest absolute Gasteiger partial charge is 0.474 e. The summed E-state index contributed by atoms with van der Waals surface area (Å²) in [5, 5.41) is 7.30. The summed E-state index contributed by atoms with van der Waals surface area (Å²) < 4.78 is 11.1. The number of nitrogens with one attached hydrogen (secondary N) is 1. The lowest BCUT2D eigenvalue weighted by atomic mass is 10.0. The van der Waals surface area contributed by atoms with Crippen LogP contribution in [-0.4, -0.2) is 40.5 Å². The van der Waals surface area contributed by atoms with Crippen LogP contribution in [0.1, 0.15) is 17.5 Å². The molecule has 2 aliphatic rings. The lowest BCUT2D eigenvalue weighted by Gasteiger charge is -2.16. The van der Waals surface area contributed by atoms with Gasteiger partial charge < -0.3 is 9.47 Å². The van der Waals surface area contributed by atoms with Crippen molar-refractivity contribution < 1.29 is 14.3 Å². The maximum Gasteiger partial charge on any atom is 0.414 e. The average Bonchev–Trinajstić information content (AvgIpc) is 3.29. The monoisotopic (exact) mass is 376 g/mol. The number of aromatic nitrogens is 3. The molecule has 0 bridgehead atoms. The van der Waals surface area contributed by atoms with E-state index in [1.54, 1.807) is 17.2 Å². The number of hydrogen-bond donors (Lipinski definition) is 1. The zero-order valence-corrected chi connectivity index (χ0v) is 15.3. The minimum atomic E-state index is -0.342. The molecular formula is C21H20N4O3. The van der Waals surface area contributed by atoms with Gasteiger partial charge in [-0.2, -0.15) is 5.10 Å². The van der Waals surface area contributed by atoms with Crippen LogP contribution in [0.25, 0.3) is 11.3 Å². The van der Waals surface area contributed by atoms with Crippen molar-refractivity contribution in [3.63, 3.8) is 0 Å². The second-order valence-corrected chi connectivity index (χ2v) is 7.06. The van der Waals surface area contributed by atoms with Crippen LogP contribution in [0, 0.1) is 0 Å². The molecule has 0 spiro atoms. The van der Waals surface area contributed by atoms with Gasteiger partial charge in [0.2, 0.25) is 5.88 Å². The van der Waals surface area contributed by atoms with E-state index in [0.29, 0.717) is 12.4 Å². The second kappa shape index (κ2) is 6.99. The fraction of sp³-hybridized carbons (Fsp3) is 0.286. The molecule has 1 N–H and O–H groups in total. The van der Waals surface area contributed by atoms with Gasteiger partial charge in [0, 0.05) is 23.5 Å². The second-order valence-electron chi connectivity index (χ2n) is 7.06. The van der Waals surface area contributed by atoms with Crippen molar-refractivity contribution in [1.82, 2.24) is 15.2 Å². The quantitative estimate of drug-likeness (QED) is 0.755. The van der Waals surface area contributed by atoms with Gasteiger partial charge in [0.05, 0.1) is 18.4 Å². The normalized spacial score (nSPS) is 18.2. The molecule has 142 valence electrons. The van der Waals surface area contributed by atoms with E-state index in [9.17, 15) is 4.79 Å². The van der Waals surface area contributed by atoms with Crippen molar-refractivity contribution in [1.29, 1.82) is 0 Å². The molecule has 0 radical (unpaired) electrons. The Balaban J connectivity index is 1.33. The van der Waals surface area contributed by atoms with Crippen LogP contribution in [0.3, 0.4) is 0 Å². The predicted molar refractivity (Wildman–Crippen MR) is 103 cm³/mol. The number of cyclic esters (lactones) is 1. The summed E-state index contributed by atoms with van der Waals surface area (Å²) in [5.41, 5.74) is 5.58. The predicted octanol–water partition coefficient (Wildman–Crippen LogP) is 3.36. The van der Waals surface area contributed by atoms with Gasteiger partial charge in [0.1, 0.15) is 6.61 Å². The van der Waals surface area contributed by atoms with Crippen LogP contribution in [0.2, 0.25) is 0 Å². The summed E-state index contributed by atoms with van der Waals surface area (Å²) in [6.07, 6.45) is 5.95. The Morgan fingerprint density at radius 3 is 3.04 bits per heavy atom. The summed E-state index contributed by atoms with van der Waals surface area (Å²) in [6, 6.07) is 11.6. The van der Waals surface area contributed by atoms with Crippen molar-refractivity contribution in [3.05, 3.63) is 59.9 Å². The highest BCUT2D eigenvalue weighted by atomic mass is 16.6. The molecule has 3 heterocycles. The first kappa shape index (κ1) is 16.8. The smallest absolute Gasteiger partial charge is 0.414 e. The van der Waals surface area contributed by atoms with Gasteiger partial charge in [0.25, 0.3) is 0 Å². The molecule has 3 aromatic rings. The molecule has 28 heavy (non-hydrogen) atoms. The zero-order valence-electron chi connectivity index (χ0n) is 15.3. The van der Waals surface area contributed by atoms with Gasteiger partial charge in [-0.05, 0) is 48.6 Å². The fourth-order valence-electron chi connectivity index (χ4n) is 3.83. The van der Waals surface area contributed by atoms with Crippen molar-refractivity contribution in [2.75, 3.05) is 18.1 Å². The van der Waals surface area contributed by atoms with Gasteiger partial charge >= 0.3 is 6.09 Å². The molecule has 1 unspecified atom stereocenters. The molecule has 1 amide bonds. The van der Waals surface area contributed by atoms with Crippen LogP contribution in [0.4, 0.5) is 10.5 Å². The molecule has 2 aromatic heterocycles. The van der Waals surface area contributed by atoms with Gasteiger partial charge in [-0.15, -0.1) is 0 Å². The number of amides is 1. The number of hydrogen-bond acceptors (Lipinski definition) is 5. The topological polar surface area (TPSA) is 80.3 Å². The summed E-state index contributed by atoms with van der Waals surface area (Å²) in [5.74, 6) is 0.525. The van der Waals surface area contributed by atoms with E-state index in [2.05, 4.69) is 27.3 Å². The van der Waals surface area contributed by atoms with Gasteiger partial charge in [-0.3, -0.25) is 10.00 Å². The third-order valence-electron chi connectivity index (χ3n) is 5.21. The van der Waals surface area contributed by atoms with Gasteiger partial charge in [-0.1, -0.05) is 12.1 Å². The molecule has 1 fully saturated rings. The van der Waals surface area contributed by atoms with E-state index in [-0.39, 0.29) is 18.8 Å². The van der Waals surface area contributed by atoms with Gasteiger partial charge in [-0.25, -0.2) is 9.78 Å². The first-order chi connectivity index (χ1) is 13.8. The van der Waals surface area contributed by atoms with E-state index >= 15 is 0 Å². The number of ether oxygens (including phenoxy) is 2. The van der Waals surface area contributed by atoms with E-state index in [1.165, 1.54) is 11.1 Å². The van der Waals surface area contributed by atoms with Crippen molar-refractivity contribution >= 4 is 11.8 Å². The zero-order chi connectivity index (χ0) is 18.9. The SMILES string of the molecule is O=C1OC(COc2ccccn2)CN1c1ccc2c(c1)CCCc1cn[nH]c1-2. The number of pyridine rings is 1. The lowest BCUT2D eigenvalue weighted by Crippen LogP contribution is -2.26. The Morgan fingerprint density at radius 1 is 1.21 bits per heavy atom. The number of nitrogens with zero attached hydrogens (tertiary/aromatic N) is 3. The minimum absolute atomic E-state index is 0.279. The molecule has 1 saturated heterocycles. The Labute approximate surface area is 162 Å². The third-order valence-corrected chi connectivity index (χ3v) is 5.21. The number of fused-ring (bicyclic) bond motifs is 3. The Kier molecular flexibility index (Phi) is 4.20. The first-order valence-electron chi connectivity index (χ1n) is 9.45. The standard InChI is InChI=1S/C21H20N4O3/c26-21-25(12-17(28-21)13-27-19-6-1-2-9-22-19)16-7-8-18-14(10-16)4-3-5-15-11-23-24-20(15)18/h1-2,6-11,17H,3-5,12-13H2,(H,23,24). The maximum absolute atomic E-state index is 12.4. The number of carbonyl (C=O) groups excluding carboxylic acids is 1. The van der Waals surface area contributed by atoms with Crippen LogP contribution in [-0.2, 0) is 17.6 Å². The minimum Gasteiger partial charge on any atom is -0.474 e. The Morgan fingerprint density at radius 2 is 2.14 bits per heavy atom. The number of carbonyl (C=O) groups is 1. The molecular weight excluding hydrogens is 356 g/mol. The number of anilines is 1. The van der Waals surface area contributed by atoms with Crippen LogP contribution in [0.5, 0.6) is 5.88 Å². The highest BCUT2D eigenvalue weighted by Gasteiger charge is 2.33. The van der Waals surface area contributed by atoms with Crippen LogP contribution in [0.15, 0.2) is 48.8 Å². The van der Waals surface area contributed by atoms with E-state index in [0.717, 1.165) is 36.2 Å². The molecule has 7 heteroatoms. The summed E-state index contributed by atoms with van der Waals surface area (Å²) in [6.45, 7) is 0.738. The molecule has 7 nitrogen and oxygen atoms in total. The van der Waals surface area contributed by atoms with Gasteiger partial charge in [0.15, 0.2) is 6.10 Å². The lowest BCUT2D eigenvalue weighted by molar-refractivity contribution is 0.103. The van der Waals surface area contributed by atoms with Crippen LogP contribution >= 0.6 is 0 Å². The number of aromatic amines is 1. The molecule has 5 rings (SSSR count). The molecule has 1 aromatic carbocycles. The number of H-pyrrole nitrogens is 1. The molecule has 1 atom stereocenters. The Hall–Kier alpha value is -3.35. The Bertz CT molecular complexity index is 1000. The van der Waals surface area contributed by atoms with E-state index in [4.69, 9.17) is 9.47 Å². The number of rotatable bonds is 4. The summed E-state index contributed by atoms with van der Waals surface area (Å²) in [4.78, 5) is 18.2. The van der Waals surface area contributed by atoms with E-state index in [1.807, 2.05) is 24.4 Å². The maximum atomic E-state index is 12.4. The number of benzene rings is 1. The van der Waals surface area contributed by atoms with Crippen molar-refractivity contribution in [2.24, 2.45) is 0 Å². The van der Waals surface area contributed by atoms with Crippen molar-refractivity contribution in [2.45, 2.75) is 25.4 Å². The highest BCUT2D eigenvalue weighted by Crippen LogP contribution is 2.34.